The van der Waals surface area contributed by atoms with Crippen LogP contribution >= 0.6 is 11.3 Å². The summed E-state index contributed by atoms with van der Waals surface area (Å²) in [4.78, 5) is 24.2. The minimum Gasteiger partial charge on any atom is -0.352 e. The van der Waals surface area contributed by atoms with Crippen molar-refractivity contribution in [1.82, 2.24) is 9.62 Å². The number of hydrogen-bond acceptors (Lipinski definition) is 5. The summed E-state index contributed by atoms with van der Waals surface area (Å²) in [7, 11) is -1.90. The molecule has 1 aromatic carbocycles. The van der Waals surface area contributed by atoms with Gasteiger partial charge >= 0.3 is 0 Å². The molecule has 0 unspecified atom stereocenters. The number of anilines is 1. The van der Waals surface area contributed by atoms with E-state index in [1.54, 1.807) is 30.6 Å². The van der Waals surface area contributed by atoms with E-state index < -0.39 is 10.0 Å². The molecule has 2 amide bonds. The fourth-order valence-electron chi connectivity index (χ4n) is 3.69. The zero-order valence-corrected chi connectivity index (χ0v) is 19.3. The molecule has 1 heterocycles. The van der Waals surface area contributed by atoms with Crippen molar-refractivity contribution >= 4 is 38.9 Å². The molecule has 1 saturated carbocycles. The maximum Gasteiger partial charge on any atom is 0.252 e. The van der Waals surface area contributed by atoms with Crippen LogP contribution < -0.4 is 10.6 Å². The highest BCUT2D eigenvalue weighted by molar-refractivity contribution is 7.89. The molecule has 1 aromatic heterocycles. The van der Waals surface area contributed by atoms with Crippen molar-refractivity contribution < 1.29 is 18.0 Å². The Morgan fingerprint density at radius 1 is 1.10 bits per heavy atom. The highest BCUT2D eigenvalue weighted by Crippen LogP contribution is 2.27. The molecular formula is C22H29N3O4S2. The van der Waals surface area contributed by atoms with Crippen LogP contribution in [-0.2, 0) is 14.8 Å². The molecule has 1 aliphatic rings. The minimum atomic E-state index is -3.55. The zero-order valence-electron chi connectivity index (χ0n) is 17.7. The van der Waals surface area contributed by atoms with Crippen LogP contribution in [-0.4, -0.2) is 44.2 Å². The Balaban J connectivity index is 1.46. The van der Waals surface area contributed by atoms with E-state index in [-0.39, 0.29) is 29.2 Å². The first-order valence-electron chi connectivity index (χ1n) is 10.6. The number of amides is 2. The molecule has 2 N–H and O–H groups in total. The molecule has 168 valence electrons. The van der Waals surface area contributed by atoms with Gasteiger partial charge in [-0.05, 0) is 55.0 Å². The van der Waals surface area contributed by atoms with E-state index in [0.717, 1.165) is 25.7 Å². The number of benzene rings is 1. The lowest BCUT2D eigenvalue weighted by molar-refractivity contribution is -0.116. The lowest BCUT2D eigenvalue weighted by Crippen LogP contribution is -2.38. The predicted molar refractivity (Wildman–Crippen MR) is 123 cm³/mol. The van der Waals surface area contributed by atoms with E-state index in [1.165, 1.54) is 34.2 Å². The molecule has 0 atom stereocenters. The van der Waals surface area contributed by atoms with Gasteiger partial charge in [0.1, 0.15) is 0 Å². The van der Waals surface area contributed by atoms with Crippen molar-refractivity contribution in [3.05, 3.63) is 46.7 Å². The van der Waals surface area contributed by atoms with Crippen LogP contribution in [0.15, 0.2) is 46.0 Å². The number of carbonyl (C=O) groups excluding carboxylic acids is 2. The average Bonchev–Trinajstić information content (AvgIpc) is 3.32. The van der Waals surface area contributed by atoms with E-state index in [0.29, 0.717) is 24.2 Å². The van der Waals surface area contributed by atoms with Crippen LogP contribution in [0.4, 0.5) is 5.69 Å². The fraction of sp³-hybridized carbons (Fsp3) is 0.455. The van der Waals surface area contributed by atoms with Crippen LogP contribution in [0.5, 0.6) is 0 Å². The summed E-state index contributed by atoms with van der Waals surface area (Å²) in [5.41, 5.74) is 1.17. The first-order valence-corrected chi connectivity index (χ1v) is 12.9. The van der Waals surface area contributed by atoms with Crippen LogP contribution in [0.2, 0.25) is 0 Å². The van der Waals surface area contributed by atoms with Crippen LogP contribution in [0.25, 0.3) is 0 Å². The Hall–Kier alpha value is -2.23. The van der Waals surface area contributed by atoms with Crippen LogP contribution in [0, 0.1) is 0 Å². The first kappa shape index (κ1) is 23.4. The quantitative estimate of drug-likeness (QED) is 0.552. The summed E-state index contributed by atoms with van der Waals surface area (Å²) in [6.07, 6.45) is 5.87. The summed E-state index contributed by atoms with van der Waals surface area (Å²) < 4.78 is 27.3. The van der Waals surface area contributed by atoms with Gasteiger partial charge in [-0.2, -0.15) is 15.6 Å². The Morgan fingerprint density at radius 3 is 2.45 bits per heavy atom. The normalized spacial score (nSPS) is 15.0. The lowest BCUT2D eigenvalue weighted by Gasteiger charge is -2.30. The van der Waals surface area contributed by atoms with Gasteiger partial charge in [0.15, 0.2) is 0 Å². The first-order chi connectivity index (χ1) is 14.9. The minimum absolute atomic E-state index is 0.0540. The third kappa shape index (κ3) is 6.38. The van der Waals surface area contributed by atoms with Crippen molar-refractivity contribution in [3.63, 3.8) is 0 Å². The summed E-state index contributed by atoms with van der Waals surface area (Å²) in [5, 5.41) is 9.17. The van der Waals surface area contributed by atoms with Gasteiger partial charge < -0.3 is 10.6 Å². The Kier molecular flexibility index (Phi) is 8.22. The second kappa shape index (κ2) is 10.9. The number of thiophene rings is 1. The van der Waals surface area contributed by atoms with Crippen molar-refractivity contribution in [2.24, 2.45) is 0 Å². The SMILES string of the molecule is CN(C1CCCCC1)S(=O)(=O)c1ccc(NC(=O)CCCNC(=O)c2ccsc2)cc1. The monoisotopic (exact) mass is 463 g/mol. The van der Waals surface area contributed by atoms with Crippen LogP contribution in [0.1, 0.15) is 55.3 Å². The van der Waals surface area contributed by atoms with Gasteiger partial charge in [-0.15, -0.1) is 0 Å². The summed E-state index contributed by atoms with van der Waals surface area (Å²) in [5.74, 6) is -0.323. The molecule has 0 radical (unpaired) electrons. The van der Waals surface area contributed by atoms with Gasteiger partial charge in [-0.25, -0.2) is 8.42 Å². The second-order valence-corrected chi connectivity index (χ2v) is 10.5. The van der Waals surface area contributed by atoms with Crippen LogP contribution in [0.3, 0.4) is 0 Å². The highest BCUT2D eigenvalue weighted by atomic mass is 32.2. The Labute approximate surface area is 187 Å². The lowest BCUT2D eigenvalue weighted by atomic mass is 9.96. The summed E-state index contributed by atoms with van der Waals surface area (Å²) >= 11 is 1.46. The molecule has 1 aliphatic carbocycles. The third-order valence-corrected chi connectivity index (χ3v) is 8.16. The number of hydrogen-bond donors (Lipinski definition) is 2. The molecule has 1 fully saturated rings. The average molecular weight is 464 g/mol. The van der Waals surface area contributed by atoms with Gasteiger partial charge in [0.2, 0.25) is 15.9 Å². The smallest absolute Gasteiger partial charge is 0.252 e. The number of carbonyl (C=O) groups is 2. The highest BCUT2D eigenvalue weighted by Gasteiger charge is 2.28. The van der Waals surface area contributed by atoms with Gasteiger partial charge in [0.05, 0.1) is 4.90 Å². The largest absolute Gasteiger partial charge is 0.352 e. The molecule has 3 rings (SSSR count). The predicted octanol–water partition coefficient (Wildman–Crippen LogP) is 3.85. The third-order valence-electron chi connectivity index (χ3n) is 5.55. The maximum atomic E-state index is 12.9. The van der Waals surface area contributed by atoms with Crippen molar-refractivity contribution in [2.75, 3.05) is 18.9 Å². The maximum absolute atomic E-state index is 12.9. The Morgan fingerprint density at radius 2 is 1.81 bits per heavy atom. The van der Waals surface area contributed by atoms with Gasteiger partial charge in [0.25, 0.3) is 5.91 Å². The molecular weight excluding hydrogens is 434 g/mol. The second-order valence-electron chi connectivity index (χ2n) is 7.76. The van der Waals surface area contributed by atoms with Crippen molar-refractivity contribution in [2.45, 2.75) is 55.9 Å². The van der Waals surface area contributed by atoms with Crippen molar-refractivity contribution in [1.29, 1.82) is 0 Å². The fourth-order valence-corrected chi connectivity index (χ4v) is 5.74. The van der Waals surface area contributed by atoms with E-state index in [2.05, 4.69) is 10.6 Å². The molecule has 7 nitrogen and oxygen atoms in total. The molecule has 0 bridgehead atoms. The molecule has 9 heteroatoms. The van der Waals surface area contributed by atoms with Gasteiger partial charge in [-0.3, -0.25) is 9.59 Å². The number of rotatable bonds is 9. The molecule has 0 aliphatic heterocycles. The molecule has 0 saturated heterocycles. The van der Waals surface area contributed by atoms with E-state index in [1.807, 2.05) is 5.38 Å². The molecule has 2 aromatic rings. The van der Waals surface area contributed by atoms with Crippen molar-refractivity contribution in [3.8, 4) is 0 Å². The van der Waals surface area contributed by atoms with Gasteiger partial charge in [-0.1, -0.05) is 19.3 Å². The molecule has 0 spiro atoms. The molecule has 31 heavy (non-hydrogen) atoms. The number of nitrogens with zero attached hydrogens (tertiary/aromatic N) is 1. The Bertz CT molecular complexity index is 967. The van der Waals surface area contributed by atoms with E-state index in [4.69, 9.17) is 0 Å². The number of nitrogens with one attached hydrogen (secondary N) is 2. The topological polar surface area (TPSA) is 95.6 Å². The van der Waals surface area contributed by atoms with Gasteiger partial charge in [0, 0.05) is 42.7 Å². The zero-order chi connectivity index (χ0) is 22.3. The van der Waals surface area contributed by atoms with E-state index >= 15 is 0 Å². The summed E-state index contributed by atoms with van der Waals surface area (Å²) in [6, 6.07) is 8.09. The van der Waals surface area contributed by atoms with E-state index in [9.17, 15) is 18.0 Å². The summed E-state index contributed by atoms with van der Waals surface area (Å²) in [6.45, 7) is 0.410. The number of sulfonamides is 1. The standard InChI is InChI=1S/C22H29N3O4S2/c1-25(19-6-3-2-4-7-19)31(28,29)20-11-9-18(10-12-20)24-21(26)8-5-14-23-22(27)17-13-15-30-16-17/h9-13,15-16,19H,2-8,14H2,1H3,(H,23,27)(H,24,26).